The molecule has 1 amide bonds. The molecule has 2 fully saturated rings. The van der Waals surface area contributed by atoms with Crippen molar-refractivity contribution in [3.8, 4) is 0 Å². The lowest BCUT2D eigenvalue weighted by Crippen LogP contribution is -2.46. The Hall–Kier alpha value is -1.36. The molecule has 3 rings (SSSR count). The number of carbonyl (C=O) groups excluding carboxylic acids is 1. The summed E-state index contributed by atoms with van der Waals surface area (Å²) >= 11 is 0. The second kappa shape index (κ2) is 4.39. The second-order valence-corrected chi connectivity index (χ2v) is 5.23. The fraction of sp³-hybridized carbons (Fsp3) is 0.692. The van der Waals surface area contributed by atoms with Crippen molar-refractivity contribution in [2.75, 3.05) is 13.1 Å². The van der Waals surface area contributed by atoms with Gasteiger partial charge in [0.1, 0.15) is 5.92 Å². The van der Waals surface area contributed by atoms with E-state index in [2.05, 4.69) is 0 Å². The van der Waals surface area contributed by atoms with Crippen molar-refractivity contribution >= 4 is 11.9 Å². The highest BCUT2D eigenvalue weighted by atomic mass is 16.5. The van der Waals surface area contributed by atoms with Gasteiger partial charge in [0.15, 0.2) is 0 Å². The molecule has 0 unspecified atom stereocenters. The summed E-state index contributed by atoms with van der Waals surface area (Å²) in [6, 6.07) is 0. The van der Waals surface area contributed by atoms with Crippen molar-refractivity contribution in [3.63, 3.8) is 0 Å². The van der Waals surface area contributed by atoms with Crippen LogP contribution in [0.3, 0.4) is 0 Å². The van der Waals surface area contributed by atoms with Gasteiger partial charge in [-0.25, -0.2) is 0 Å². The Morgan fingerprint density at radius 2 is 1.67 bits per heavy atom. The van der Waals surface area contributed by atoms with Crippen LogP contribution in [0.2, 0.25) is 0 Å². The van der Waals surface area contributed by atoms with Crippen molar-refractivity contribution in [1.29, 1.82) is 0 Å². The van der Waals surface area contributed by atoms with Gasteiger partial charge in [-0.15, -0.1) is 0 Å². The Kier molecular flexibility index (Phi) is 2.86. The molecule has 0 aromatic heterocycles. The van der Waals surface area contributed by atoms with E-state index < -0.39 is 23.9 Å². The van der Waals surface area contributed by atoms with Crippen LogP contribution >= 0.6 is 0 Å². The number of carbonyl (C=O) groups is 2. The third-order valence-electron chi connectivity index (χ3n) is 4.14. The summed E-state index contributed by atoms with van der Waals surface area (Å²) in [4.78, 5) is 25.6. The molecule has 3 heterocycles. The second-order valence-electron chi connectivity index (χ2n) is 5.23. The van der Waals surface area contributed by atoms with Gasteiger partial charge >= 0.3 is 5.97 Å². The number of fused-ring (bicyclic) bond motifs is 2. The Balaban J connectivity index is 1.79. The summed E-state index contributed by atoms with van der Waals surface area (Å²) in [6.45, 7) is 1.51. The minimum absolute atomic E-state index is 0.0426. The summed E-state index contributed by atoms with van der Waals surface area (Å²) in [7, 11) is 0. The maximum Gasteiger partial charge on any atom is 0.310 e. The van der Waals surface area contributed by atoms with E-state index in [4.69, 9.17) is 4.74 Å². The lowest BCUT2D eigenvalue weighted by molar-refractivity contribution is -0.149. The number of carboxylic acid groups (broad SMARTS) is 1. The summed E-state index contributed by atoms with van der Waals surface area (Å²) in [5.74, 6) is -2.22. The number of carboxylic acids is 1. The van der Waals surface area contributed by atoms with E-state index in [-0.39, 0.29) is 12.0 Å². The van der Waals surface area contributed by atoms with Crippen molar-refractivity contribution in [2.24, 2.45) is 11.8 Å². The molecule has 3 aliphatic heterocycles. The standard InChI is InChI=1S/C13H17NO4/c15-12(14-6-2-1-3-7-14)10-8-4-5-9(18-8)11(10)13(16)17/h4-5,8-11H,1-3,6-7H2,(H,16,17)/t8-,9+,10+,11-/m1/s1. The van der Waals surface area contributed by atoms with Crippen LogP contribution in [0.25, 0.3) is 0 Å². The first-order valence-electron chi connectivity index (χ1n) is 6.54. The Morgan fingerprint density at radius 3 is 2.28 bits per heavy atom. The highest BCUT2D eigenvalue weighted by Gasteiger charge is 2.54. The van der Waals surface area contributed by atoms with Gasteiger partial charge in [-0.3, -0.25) is 9.59 Å². The first kappa shape index (κ1) is 11.7. The minimum Gasteiger partial charge on any atom is -0.481 e. The fourth-order valence-corrected chi connectivity index (χ4v) is 3.22. The molecule has 18 heavy (non-hydrogen) atoms. The number of nitrogens with zero attached hydrogens (tertiary/aromatic N) is 1. The highest BCUT2D eigenvalue weighted by Crippen LogP contribution is 2.40. The first-order valence-corrected chi connectivity index (χ1v) is 6.54. The quantitative estimate of drug-likeness (QED) is 0.732. The molecule has 0 spiro atoms. The number of rotatable bonds is 2. The summed E-state index contributed by atoms with van der Waals surface area (Å²) in [6.07, 6.45) is 6.01. The SMILES string of the molecule is O=C(O)[C@H]1[C@@H](C(=O)N2CCCCC2)[C@H]2C=C[C@@H]1O2. The number of hydrogen-bond donors (Lipinski definition) is 1. The van der Waals surface area contributed by atoms with Gasteiger partial charge in [-0.2, -0.15) is 0 Å². The van der Waals surface area contributed by atoms with Crippen LogP contribution in [-0.4, -0.2) is 47.2 Å². The van der Waals surface area contributed by atoms with Crippen LogP contribution in [0.1, 0.15) is 19.3 Å². The fourth-order valence-electron chi connectivity index (χ4n) is 3.22. The Morgan fingerprint density at radius 1 is 1.06 bits per heavy atom. The van der Waals surface area contributed by atoms with E-state index >= 15 is 0 Å². The van der Waals surface area contributed by atoms with Gasteiger partial charge in [0, 0.05) is 13.1 Å². The Labute approximate surface area is 105 Å². The number of ether oxygens (including phenoxy) is 1. The van der Waals surface area contributed by atoms with Gasteiger partial charge in [-0.05, 0) is 19.3 Å². The van der Waals surface area contributed by atoms with Crippen LogP contribution in [0.5, 0.6) is 0 Å². The zero-order valence-corrected chi connectivity index (χ0v) is 10.1. The van der Waals surface area contributed by atoms with E-state index in [9.17, 15) is 14.7 Å². The predicted molar refractivity (Wildman–Crippen MR) is 62.8 cm³/mol. The lowest BCUT2D eigenvalue weighted by atomic mass is 9.82. The van der Waals surface area contributed by atoms with Crippen LogP contribution in [0.4, 0.5) is 0 Å². The number of piperidine rings is 1. The normalized spacial score (nSPS) is 38.1. The monoisotopic (exact) mass is 251 g/mol. The molecule has 2 bridgehead atoms. The largest absolute Gasteiger partial charge is 0.481 e. The Bertz CT molecular complexity index is 400. The number of aliphatic carboxylic acids is 1. The molecule has 5 heteroatoms. The lowest BCUT2D eigenvalue weighted by Gasteiger charge is -2.31. The summed E-state index contributed by atoms with van der Waals surface area (Å²) in [5, 5.41) is 9.27. The van der Waals surface area contributed by atoms with Crippen LogP contribution in [0.15, 0.2) is 12.2 Å². The molecule has 5 nitrogen and oxygen atoms in total. The number of hydrogen-bond acceptors (Lipinski definition) is 3. The highest BCUT2D eigenvalue weighted by molar-refractivity contribution is 5.87. The molecule has 0 radical (unpaired) electrons. The summed E-state index contributed by atoms with van der Waals surface area (Å²) in [5.41, 5.74) is 0. The molecular formula is C13H17NO4. The molecule has 0 aromatic carbocycles. The van der Waals surface area contributed by atoms with E-state index in [1.54, 1.807) is 6.08 Å². The third kappa shape index (κ3) is 1.73. The minimum atomic E-state index is -0.929. The molecule has 4 atom stereocenters. The van der Waals surface area contributed by atoms with Gasteiger partial charge < -0.3 is 14.7 Å². The molecule has 2 saturated heterocycles. The zero-order valence-electron chi connectivity index (χ0n) is 10.1. The topological polar surface area (TPSA) is 66.8 Å². The summed E-state index contributed by atoms with van der Waals surface area (Å²) < 4.78 is 5.53. The molecule has 0 saturated carbocycles. The van der Waals surface area contributed by atoms with E-state index in [1.807, 2.05) is 11.0 Å². The van der Waals surface area contributed by atoms with Crippen LogP contribution < -0.4 is 0 Å². The molecule has 1 N–H and O–H groups in total. The van der Waals surface area contributed by atoms with Gasteiger partial charge in [-0.1, -0.05) is 12.2 Å². The molecule has 3 aliphatic rings. The predicted octanol–water partition coefficient (Wildman–Crippen LogP) is 0.653. The van der Waals surface area contributed by atoms with Crippen LogP contribution in [-0.2, 0) is 14.3 Å². The van der Waals surface area contributed by atoms with Gasteiger partial charge in [0.25, 0.3) is 0 Å². The van der Waals surface area contributed by atoms with Crippen molar-refractivity contribution < 1.29 is 19.4 Å². The average Bonchev–Trinajstić information content (AvgIpc) is 2.99. The molecular weight excluding hydrogens is 234 g/mol. The molecule has 0 aliphatic carbocycles. The molecule has 98 valence electrons. The van der Waals surface area contributed by atoms with Crippen molar-refractivity contribution in [2.45, 2.75) is 31.5 Å². The number of likely N-dealkylation sites (tertiary alicyclic amines) is 1. The smallest absolute Gasteiger partial charge is 0.310 e. The first-order chi connectivity index (χ1) is 8.68. The molecule has 0 aromatic rings. The van der Waals surface area contributed by atoms with Crippen LogP contribution in [0, 0.1) is 11.8 Å². The third-order valence-corrected chi connectivity index (χ3v) is 4.14. The van der Waals surface area contributed by atoms with Crippen molar-refractivity contribution in [1.82, 2.24) is 4.90 Å². The maximum absolute atomic E-state index is 12.5. The maximum atomic E-state index is 12.5. The number of amides is 1. The van der Waals surface area contributed by atoms with E-state index in [0.29, 0.717) is 0 Å². The van der Waals surface area contributed by atoms with E-state index in [0.717, 1.165) is 32.4 Å². The zero-order chi connectivity index (χ0) is 12.7. The van der Waals surface area contributed by atoms with E-state index in [1.165, 1.54) is 0 Å². The average molecular weight is 251 g/mol. The van der Waals surface area contributed by atoms with Gasteiger partial charge in [0.05, 0.1) is 18.1 Å². The van der Waals surface area contributed by atoms with Gasteiger partial charge in [0.2, 0.25) is 5.91 Å². The van der Waals surface area contributed by atoms with Crippen molar-refractivity contribution in [3.05, 3.63) is 12.2 Å².